The molecule has 2 rings (SSSR count). The fourth-order valence-corrected chi connectivity index (χ4v) is 3.29. The van der Waals surface area contributed by atoms with Gasteiger partial charge in [0, 0.05) is 18.0 Å². The van der Waals surface area contributed by atoms with Crippen molar-refractivity contribution in [2.24, 2.45) is 0 Å². The lowest BCUT2D eigenvalue weighted by molar-refractivity contribution is 0.726. The van der Waals surface area contributed by atoms with Gasteiger partial charge in [-0.25, -0.2) is 4.98 Å². The first kappa shape index (κ1) is 14.5. The number of hydrogen-bond donors (Lipinski definition) is 0. The van der Waals surface area contributed by atoms with E-state index in [-0.39, 0.29) is 0 Å². The second-order valence-corrected chi connectivity index (χ2v) is 5.99. The van der Waals surface area contributed by atoms with Gasteiger partial charge in [0.25, 0.3) is 0 Å². The Morgan fingerprint density at radius 2 is 2.05 bits per heavy atom. The molecule has 104 valence electrons. The third kappa shape index (κ3) is 3.18. The average molecular weight is 298 g/mol. The molecule has 0 N–H and O–H groups in total. The molecule has 0 spiro atoms. The van der Waals surface area contributed by atoms with Crippen LogP contribution in [0.2, 0.25) is 5.28 Å². The fourth-order valence-electron chi connectivity index (χ4n) is 2.11. The maximum absolute atomic E-state index is 6.07. The highest BCUT2D eigenvalue weighted by atomic mass is 35.5. The lowest BCUT2D eigenvalue weighted by Gasteiger charge is -2.22. The number of aromatic nitrogens is 2. The Bertz CT molecular complexity index is 553. The SMILES string of the molecule is CCCCN(CC)c1nc(Cl)nc2sc(CC)cc12. The number of halogens is 1. The van der Waals surface area contributed by atoms with Gasteiger partial charge < -0.3 is 4.90 Å². The molecule has 0 aliphatic heterocycles. The minimum absolute atomic E-state index is 0.349. The molecule has 19 heavy (non-hydrogen) atoms. The van der Waals surface area contributed by atoms with E-state index in [0.29, 0.717) is 5.28 Å². The van der Waals surface area contributed by atoms with Gasteiger partial charge in [0.05, 0.1) is 5.39 Å². The molecule has 3 nitrogen and oxygen atoms in total. The van der Waals surface area contributed by atoms with Crippen molar-refractivity contribution in [2.75, 3.05) is 18.0 Å². The zero-order valence-electron chi connectivity index (χ0n) is 11.7. The molecule has 0 bridgehead atoms. The number of unbranched alkanes of at least 4 members (excludes halogenated alkanes) is 1. The number of fused-ring (bicyclic) bond motifs is 1. The number of thiophene rings is 1. The molecular weight excluding hydrogens is 278 g/mol. The van der Waals surface area contributed by atoms with Crippen LogP contribution in [-0.2, 0) is 6.42 Å². The molecule has 0 aliphatic rings. The van der Waals surface area contributed by atoms with Crippen molar-refractivity contribution >= 4 is 39.0 Å². The van der Waals surface area contributed by atoms with Crippen LogP contribution in [0.4, 0.5) is 5.82 Å². The molecule has 5 heteroatoms. The zero-order chi connectivity index (χ0) is 13.8. The Labute approximate surface area is 123 Å². The van der Waals surface area contributed by atoms with Crippen molar-refractivity contribution in [2.45, 2.75) is 40.0 Å². The van der Waals surface area contributed by atoms with E-state index >= 15 is 0 Å². The molecule has 0 saturated carbocycles. The van der Waals surface area contributed by atoms with Gasteiger partial charge in [0.2, 0.25) is 5.28 Å². The van der Waals surface area contributed by atoms with E-state index in [2.05, 4.69) is 41.7 Å². The van der Waals surface area contributed by atoms with Crippen molar-refractivity contribution < 1.29 is 0 Å². The van der Waals surface area contributed by atoms with Crippen LogP contribution < -0.4 is 4.90 Å². The Morgan fingerprint density at radius 3 is 2.68 bits per heavy atom. The van der Waals surface area contributed by atoms with E-state index in [1.165, 1.54) is 17.7 Å². The van der Waals surface area contributed by atoms with Gasteiger partial charge in [-0.3, -0.25) is 0 Å². The minimum Gasteiger partial charge on any atom is -0.356 e. The normalized spacial score (nSPS) is 11.2. The highest BCUT2D eigenvalue weighted by Crippen LogP contribution is 2.32. The smallest absolute Gasteiger partial charge is 0.225 e. The standard InChI is InChI=1S/C14H20ClN3S/c1-4-7-8-18(6-3)12-11-9-10(5-2)19-13(11)17-14(15)16-12/h9H,4-8H2,1-3H3. The lowest BCUT2D eigenvalue weighted by Crippen LogP contribution is -2.25. The van der Waals surface area contributed by atoms with E-state index < -0.39 is 0 Å². The molecular formula is C14H20ClN3S. The van der Waals surface area contributed by atoms with Crippen LogP contribution in [0.25, 0.3) is 10.2 Å². The summed E-state index contributed by atoms with van der Waals surface area (Å²) in [5.74, 6) is 0.988. The summed E-state index contributed by atoms with van der Waals surface area (Å²) >= 11 is 7.78. The first-order chi connectivity index (χ1) is 9.19. The first-order valence-electron chi connectivity index (χ1n) is 6.90. The van der Waals surface area contributed by atoms with Crippen LogP contribution in [0.15, 0.2) is 6.07 Å². The van der Waals surface area contributed by atoms with E-state index in [1.807, 2.05) is 0 Å². The largest absolute Gasteiger partial charge is 0.356 e. The molecule has 2 aromatic heterocycles. The predicted molar refractivity (Wildman–Crippen MR) is 84.6 cm³/mol. The van der Waals surface area contributed by atoms with E-state index in [0.717, 1.165) is 35.5 Å². The number of nitrogens with zero attached hydrogens (tertiary/aromatic N) is 3. The van der Waals surface area contributed by atoms with Crippen molar-refractivity contribution in [3.05, 3.63) is 16.2 Å². The molecule has 2 aromatic rings. The van der Waals surface area contributed by atoms with Crippen molar-refractivity contribution in [3.63, 3.8) is 0 Å². The van der Waals surface area contributed by atoms with Crippen LogP contribution in [0, 0.1) is 0 Å². The lowest BCUT2D eigenvalue weighted by atomic mass is 10.2. The second kappa shape index (κ2) is 6.53. The van der Waals surface area contributed by atoms with Gasteiger partial charge in [-0.15, -0.1) is 11.3 Å². The van der Waals surface area contributed by atoms with Crippen LogP contribution in [0.3, 0.4) is 0 Å². The molecule has 2 heterocycles. The quantitative estimate of drug-likeness (QED) is 0.733. The summed E-state index contributed by atoms with van der Waals surface area (Å²) < 4.78 is 0. The van der Waals surface area contributed by atoms with Gasteiger partial charge >= 0.3 is 0 Å². The monoisotopic (exact) mass is 297 g/mol. The summed E-state index contributed by atoms with van der Waals surface area (Å²) in [6.07, 6.45) is 3.38. The Hall–Kier alpha value is -0.870. The fraction of sp³-hybridized carbons (Fsp3) is 0.571. The molecule has 0 amide bonds. The van der Waals surface area contributed by atoms with Crippen molar-refractivity contribution in [1.29, 1.82) is 0 Å². The highest BCUT2D eigenvalue weighted by Gasteiger charge is 2.15. The third-order valence-corrected chi connectivity index (χ3v) is 4.55. The summed E-state index contributed by atoms with van der Waals surface area (Å²) in [5.41, 5.74) is 0. The second-order valence-electron chi connectivity index (χ2n) is 4.53. The van der Waals surface area contributed by atoms with E-state index in [1.54, 1.807) is 11.3 Å². The molecule has 0 radical (unpaired) electrons. The molecule has 0 aromatic carbocycles. The summed E-state index contributed by atoms with van der Waals surface area (Å²) in [6.45, 7) is 8.49. The summed E-state index contributed by atoms with van der Waals surface area (Å²) in [5, 5.41) is 1.49. The summed E-state index contributed by atoms with van der Waals surface area (Å²) in [6, 6.07) is 2.21. The zero-order valence-corrected chi connectivity index (χ0v) is 13.3. The van der Waals surface area contributed by atoms with Crippen molar-refractivity contribution in [1.82, 2.24) is 9.97 Å². The van der Waals surface area contributed by atoms with Crippen LogP contribution in [0.1, 0.15) is 38.5 Å². The van der Waals surface area contributed by atoms with Crippen molar-refractivity contribution in [3.8, 4) is 0 Å². The molecule has 0 saturated heterocycles. The van der Waals surface area contributed by atoms with E-state index in [9.17, 15) is 0 Å². The number of rotatable bonds is 6. The molecule has 0 atom stereocenters. The number of anilines is 1. The maximum atomic E-state index is 6.07. The van der Waals surface area contributed by atoms with Gasteiger partial charge in [-0.1, -0.05) is 20.3 Å². The molecule has 0 unspecified atom stereocenters. The van der Waals surface area contributed by atoms with Crippen LogP contribution >= 0.6 is 22.9 Å². The van der Waals surface area contributed by atoms with Crippen LogP contribution in [0.5, 0.6) is 0 Å². The number of aryl methyl sites for hydroxylation is 1. The average Bonchev–Trinajstić information content (AvgIpc) is 2.82. The first-order valence-corrected chi connectivity index (χ1v) is 8.09. The Kier molecular flexibility index (Phi) is 4.99. The van der Waals surface area contributed by atoms with Crippen LogP contribution in [-0.4, -0.2) is 23.1 Å². The molecule has 0 aliphatic carbocycles. The Morgan fingerprint density at radius 1 is 1.26 bits per heavy atom. The summed E-state index contributed by atoms with van der Waals surface area (Å²) in [4.78, 5) is 13.4. The van der Waals surface area contributed by atoms with Gasteiger partial charge in [0.15, 0.2) is 0 Å². The summed E-state index contributed by atoms with van der Waals surface area (Å²) in [7, 11) is 0. The topological polar surface area (TPSA) is 29.0 Å². The number of hydrogen-bond acceptors (Lipinski definition) is 4. The third-order valence-electron chi connectivity index (χ3n) is 3.21. The van der Waals surface area contributed by atoms with Gasteiger partial charge in [-0.2, -0.15) is 4.98 Å². The Balaban J connectivity index is 2.47. The van der Waals surface area contributed by atoms with Gasteiger partial charge in [0.1, 0.15) is 10.6 Å². The maximum Gasteiger partial charge on any atom is 0.225 e. The van der Waals surface area contributed by atoms with Gasteiger partial charge in [-0.05, 0) is 37.4 Å². The van der Waals surface area contributed by atoms with E-state index in [4.69, 9.17) is 11.6 Å². The molecule has 0 fully saturated rings. The predicted octanol–water partition coefficient (Wildman–Crippen LogP) is 4.53. The minimum atomic E-state index is 0.349. The highest BCUT2D eigenvalue weighted by molar-refractivity contribution is 7.18.